The molecule has 2 amide bonds. The van der Waals surface area contributed by atoms with Crippen LogP contribution in [0.1, 0.15) is 54.2 Å². The highest BCUT2D eigenvalue weighted by atomic mass is 19.4. The van der Waals surface area contributed by atoms with Gasteiger partial charge in [-0.3, -0.25) is 10.1 Å². The molecule has 0 radical (unpaired) electrons. The van der Waals surface area contributed by atoms with Gasteiger partial charge in [-0.1, -0.05) is 84.0 Å². The second-order valence-corrected chi connectivity index (χ2v) is 12.2. The fraction of sp³-hybridized carbons (Fsp3) is 0.343. The van der Waals surface area contributed by atoms with Crippen LogP contribution < -0.4 is 10.6 Å². The Morgan fingerprint density at radius 1 is 1.02 bits per heavy atom. The van der Waals surface area contributed by atoms with Crippen LogP contribution in [-0.2, 0) is 51.2 Å². The Bertz CT molecular complexity index is 1720. The molecular weight excluding hydrogens is 627 g/mol. The average molecular weight is 665 g/mol. The predicted octanol–water partition coefficient (Wildman–Crippen LogP) is 4.72. The number of hydrogen-bond donors (Lipinski definition) is 2. The molecule has 1 aliphatic heterocycles. The van der Waals surface area contributed by atoms with Crippen LogP contribution in [0.5, 0.6) is 0 Å². The van der Waals surface area contributed by atoms with Gasteiger partial charge in [-0.15, -0.1) is 4.65 Å². The number of piperazine rings is 1. The zero-order chi connectivity index (χ0) is 34.4. The number of rotatable bonds is 14. The molecule has 10 nitrogen and oxygen atoms in total. The molecular formula is C35H37F3N5O5+. The Hall–Kier alpha value is -4.72. The van der Waals surface area contributed by atoms with E-state index in [4.69, 9.17) is 9.36 Å². The Labute approximate surface area is 275 Å². The molecule has 0 bridgehead atoms. The number of amides is 2. The van der Waals surface area contributed by atoms with Gasteiger partial charge in [-0.2, -0.15) is 23.0 Å². The van der Waals surface area contributed by atoms with Crippen molar-refractivity contribution >= 4 is 18.1 Å². The maximum Gasteiger partial charge on any atom is 0.416 e. The van der Waals surface area contributed by atoms with E-state index in [1.54, 1.807) is 19.9 Å². The molecule has 0 saturated carbocycles. The van der Waals surface area contributed by atoms with Crippen LogP contribution in [0.2, 0.25) is 0 Å². The second kappa shape index (κ2) is 14.6. The standard InChI is InChI=1S/C35H36F3N5O5/c1-24(41-34(2,23-44)17-16-30-40-32(47-42-30)20-27-14-9-15-28(18-27)35(36,37)38)48-43(21-26-12-7-4-8-13-26)22-31(45)39-29(33(43)46)19-25-10-5-3-6-11-25/h3-15,18,23-24,29,41H,16-17,19-22H2,1-2H3/p+1/t24?,29?,34-,43+/m0/s1. The second-order valence-electron chi connectivity index (χ2n) is 12.2. The van der Waals surface area contributed by atoms with E-state index in [0.717, 1.165) is 29.5 Å². The molecule has 2 N–H and O–H groups in total. The summed E-state index contributed by atoms with van der Waals surface area (Å²) < 4.78 is 44.0. The van der Waals surface area contributed by atoms with Gasteiger partial charge in [0.2, 0.25) is 5.89 Å². The Kier molecular flexibility index (Phi) is 10.5. The molecule has 4 aromatic rings. The summed E-state index contributed by atoms with van der Waals surface area (Å²) in [6.07, 6.45) is -3.90. The molecule has 2 heterocycles. The van der Waals surface area contributed by atoms with E-state index in [0.29, 0.717) is 5.56 Å². The molecule has 13 heteroatoms. The minimum Gasteiger partial charge on any atom is -0.339 e. The lowest BCUT2D eigenvalue weighted by molar-refractivity contribution is -1.06. The van der Waals surface area contributed by atoms with Gasteiger partial charge < -0.3 is 14.6 Å². The van der Waals surface area contributed by atoms with E-state index in [1.165, 1.54) is 6.07 Å². The molecule has 1 aromatic heterocycles. The zero-order valence-corrected chi connectivity index (χ0v) is 26.6. The molecule has 4 atom stereocenters. The molecule has 1 fully saturated rings. The van der Waals surface area contributed by atoms with Crippen LogP contribution in [0, 0.1) is 0 Å². The third-order valence-corrected chi connectivity index (χ3v) is 8.14. The van der Waals surface area contributed by atoms with Crippen LogP contribution in [-0.4, -0.2) is 57.2 Å². The van der Waals surface area contributed by atoms with Gasteiger partial charge in [-0.25, -0.2) is 4.79 Å². The van der Waals surface area contributed by atoms with Gasteiger partial charge in [0.15, 0.2) is 24.6 Å². The number of aromatic nitrogens is 2. The first-order valence-corrected chi connectivity index (χ1v) is 15.6. The van der Waals surface area contributed by atoms with Crippen molar-refractivity contribution in [3.05, 3.63) is 119 Å². The summed E-state index contributed by atoms with van der Waals surface area (Å²) in [7, 11) is 0. The van der Waals surface area contributed by atoms with Gasteiger partial charge in [-0.05, 0) is 37.5 Å². The van der Waals surface area contributed by atoms with Gasteiger partial charge >= 0.3 is 12.1 Å². The van der Waals surface area contributed by atoms with Gasteiger partial charge in [0, 0.05) is 18.4 Å². The smallest absolute Gasteiger partial charge is 0.339 e. The van der Waals surface area contributed by atoms with Crippen molar-refractivity contribution in [2.75, 3.05) is 6.54 Å². The van der Waals surface area contributed by atoms with Crippen LogP contribution in [0.15, 0.2) is 89.5 Å². The predicted molar refractivity (Wildman–Crippen MR) is 167 cm³/mol. The Morgan fingerprint density at radius 3 is 2.35 bits per heavy atom. The van der Waals surface area contributed by atoms with Crippen LogP contribution in [0.4, 0.5) is 13.2 Å². The van der Waals surface area contributed by atoms with Crippen LogP contribution in [0.25, 0.3) is 0 Å². The summed E-state index contributed by atoms with van der Waals surface area (Å²) in [6, 6.07) is 22.7. The summed E-state index contributed by atoms with van der Waals surface area (Å²) in [5, 5.41) is 9.91. The monoisotopic (exact) mass is 664 g/mol. The number of nitrogens with one attached hydrogen (secondary N) is 2. The van der Waals surface area contributed by atoms with E-state index in [1.807, 2.05) is 60.7 Å². The molecule has 252 valence electrons. The van der Waals surface area contributed by atoms with E-state index in [-0.39, 0.29) is 62.3 Å². The molecule has 0 aliphatic carbocycles. The first-order valence-electron chi connectivity index (χ1n) is 15.6. The van der Waals surface area contributed by atoms with E-state index < -0.39 is 34.2 Å². The van der Waals surface area contributed by atoms with Crippen molar-refractivity contribution in [3.8, 4) is 0 Å². The summed E-state index contributed by atoms with van der Waals surface area (Å²) in [5.74, 6) is -0.237. The van der Waals surface area contributed by atoms with Crippen molar-refractivity contribution in [2.24, 2.45) is 0 Å². The molecule has 0 spiro atoms. The largest absolute Gasteiger partial charge is 0.416 e. The summed E-state index contributed by atoms with van der Waals surface area (Å²) >= 11 is 0. The minimum atomic E-state index is -4.47. The van der Waals surface area contributed by atoms with E-state index in [2.05, 4.69) is 20.8 Å². The number of hydrogen-bond acceptors (Lipinski definition) is 8. The third kappa shape index (κ3) is 8.79. The van der Waals surface area contributed by atoms with Crippen LogP contribution in [0.3, 0.4) is 0 Å². The van der Waals surface area contributed by atoms with Gasteiger partial charge in [0.05, 0.1) is 17.5 Å². The molecule has 1 saturated heterocycles. The highest BCUT2D eigenvalue weighted by Crippen LogP contribution is 2.30. The molecule has 3 aromatic carbocycles. The van der Waals surface area contributed by atoms with Crippen LogP contribution >= 0.6 is 0 Å². The average Bonchev–Trinajstić information content (AvgIpc) is 3.50. The number of hydroxylamine groups is 3. The van der Waals surface area contributed by atoms with E-state index >= 15 is 0 Å². The number of nitrogens with zero attached hydrogens (tertiary/aromatic N) is 3. The number of quaternary nitrogens is 1. The van der Waals surface area contributed by atoms with Gasteiger partial charge in [0.1, 0.15) is 12.8 Å². The highest BCUT2D eigenvalue weighted by Gasteiger charge is 2.52. The number of alkyl halides is 3. The first kappa shape index (κ1) is 34.6. The Morgan fingerprint density at radius 2 is 1.69 bits per heavy atom. The van der Waals surface area contributed by atoms with Gasteiger partial charge in [0.25, 0.3) is 5.91 Å². The molecule has 5 rings (SSSR count). The lowest BCUT2D eigenvalue weighted by Gasteiger charge is -2.41. The normalized spacial score (nSPS) is 20.1. The SMILES string of the molecule is CC(N[C@](C)(C=O)CCc1noc(Cc2cccc(C(F)(F)F)c2)n1)O[N@+]1(Cc2ccccc2)CC(=O)NC(Cc2ccccc2)C1=O. The Balaban J connectivity index is 1.27. The molecule has 2 unspecified atom stereocenters. The van der Waals surface area contributed by atoms with Crippen molar-refractivity contribution < 1.29 is 41.6 Å². The minimum absolute atomic E-state index is 0.0132. The van der Waals surface area contributed by atoms with Crippen molar-refractivity contribution in [2.45, 2.75) is 70.1 Å². The lowest BCUT2D eigenvalue weighted by Crippen LogP contribution is -2.70. The number of carbonyl (C=O) groups excluding carboxylic acids is 3. The molecule has 48 heavy (non-hydrogen) atoms. The molecule has 1 aliphatic rings. The maximum absolute atomic E-state index is 14.1. The summed E-state index contributed by atoms with van der Waals surface area (Å²) in [5.41, 5.74) is 0.111. The number of aryl methyl sites for hydroxylation is 1. The number of benzene rings is 3. The quantitative estimate of drug-likeness (QED) is 0.113. The van der Waals surface area contributed by atoms with E-state index in [9.17, 15) is 27.6 Å². The van der Waals surface area contributed by atoms with Crippen molar-refractivity contribution in [1.29, 1.82) is 0 Å². The summed E-state index contributed by atoms with van der Waals surface area (Å²) in [4.78, 5) is 50.3. The summed E-state index contributed by atoms with van der Waals surface area (Å²) in [6.45, 7) is 3.17. The number of carbonyl (C=O) groups is 3. The zero-order valence-electron chi connectivity index (χ0n) is 26.6. The topological polar surface area (TPSA) is 123 Å². The number of halogens is 3. The highest BCUT2D eigenvalue weighted by molar-refractivity contribution is 5.89. The fourth-order valence-corrected chi connectivity index (χ4v) is 5.85. The third-order valence-electron chi connectivity index (χ3n) is 8.14. The van der Waals surface area contributed by atoms with Crippen molar-refractivity contribution in [3.63, 3.8) is 0 Å². The maximum atomic E-state index is 14.1. The number of aldehydes is 1. The lowest BCUT2D eigenvalue weighted by atomic mass is 9.97. The first-order chi connectivity index (χ1) is 22.9. The fourth-order valence-electron chi connectivity index (χ4n) is 5.85. The van der Waals surface area contributed by atoms with Crippen molar-refractivity contribution in [1.82, 2.24) is 20.8 Å².